The highest BCUT2D eigenvalue weighted by Gasteiger charge is 2.29. The van der Waals surface area contributed by atoms with Crippen molar-refractivity contribution in [1.29, 1.82) is 0 Å². The summed E-state index contributed by atoms with van der Waals surface area (Å²) in [6.45, 7) is 4.39. The zero-order valence-corrected chi connectivity index (χ0v) is 19.5. The van der Waals surface area contributed by atoms with Gasteiger partial charge < -0.3 is 10.2 Å². The molecule has 32 heavy (non-hydrogen) atoms. The Kier molecular flexibility index (Phi) is 8.07. The molecule has 1 atom stereocenters. The lowest BCUT2D eigenvalue weighted by Crippen LogP contribution is -2.50. The van der Waals surface area contributed by atoms with Crippen molar-refractivity contribution in [2.45, 2.75) is 39.3 Å². The Morgan fingerprint density at radius 3 is 2.25 bits per heavy atom. The van der Waals surface area contributed by atoms with E-state index in [-0.39, 0.29) is 18.2 Å². The molecule has 0 aliphatic rings. The van der Waals surface area contributed by atoms with Gasteiger partial charge in [0.15, 0.2) is 0 Å². The number of benzene rings is 3. The lowest BCUT2D eigenvalue weighted by molar-refractivity contribution is -0.140. The molecule has 0 radical (unpaired) electrons. The summed E-state index contributed by atoms with van der Waals surface area (Å²) in [5.41, 5.74) is 5.14. The van der Waals surface area contributed by atoms with Crippen molar-refractivity contribution < 1.29 is 9.59 Å². The summed E-state index contributed by atoms with van der Waals surface area (Å²) in [7, 11) is 1.60. The van der Waals surface area contributed by atoms with Crippen LogP contribution in [0.5, 0.6) is 0 Å². The lowest BCUT2D eigenvalue weighted by atomic mass is 10.0. The van der Waals surface area contributed by atoms with Crippen LogP contribution in [0.15, 0.2) is 72.8 Å². The molecule has 0 spiro atoms. The van der Waals surface area contributed by atoms with Gasteiger partial charge in [-0.2, -0.15) is 0 Å². The predicted molar refractivity (Wildman–Crippen MR) is 130 cm³/mol. The van der Waals surface area contributed by atoms with E-state index in [1.165, 1.54) is 5.56 Å². The molecule has 5 heteroatoms. The van der Waals surface area contributed by atoms with E-state index >= 15 is 0 Å². The first-order valence-electron chi connectivity index (χ1n) is 10.7. The number of hydrogen-bond donors (Lipinski definition) is 1. The van der Waals surface area contributed by atoms with Gasteiger partial charge in [-0.3, -0.25) is 9.59 Å². The maximum absolute atomic E-state index is 13.6. The number of aryl methyl sites for hydroxylation is 2. The van der Waals surface area contributed by atoms with E-state index in [4.69, 9.17) is 11.6 Å². The van der Waals surface area contributed by atoms with Crippen LogP contribution < -0.4 is 5.32 Å². The maximum atomic E-state index is 13.6. The number of halogens is 1. The summed E-state index contributed by atoms with van der Waals surface area (Å²) in [6.07, 6.45) is 0.656. The highest BCUT2D eigenvalue weighted by atomic mass is 35.5. The predicted octanol–water partition coefficient (Wildman–Crippen LogP) is 4.89. The fraction of sp³-hybridized carbons (Fsp3) is 0.259. The molecule has 0 aliphatic carbocycles. The molecule has 1 N–H and O–H groups in total. The second kappa shape index (κ2) is 11.0. The van der Waals surface area contributed by atoms with E-state index in [0.29, 0.717) is 18.0 Å². The topological polar surface area (TPSA) is 49.4 Å². The molecule has 0 aromatic heterocycles. The minimum absolute atomic E-state index is 0.0993. The van der Waals surface area contributed by atoms with Gasteiger partial charge in [0.05, 0.1) is 6.42 Å². The van der Waals surface area contributed by atoms with Gasteiger partial charge >= 0.3 is 0 Å². The zero-order chi connectivity index (χ0) is 23.1. The number of carbonyl (C=O) groups is 2. The van der Waals surface area contributed by atoms with Gasteiger partial charge in [-0.25, -0.2) is 0 Å². The van der Waals surface area contributed by atoms with E-state index in [2.05, 4.69) is 5.32 Å². The molecule has 3 aromatic carbocycles. The largest absolute Gasteiger partial charge is 0.357 e. The van der Waals surface area contributed by atoms with Gasteiger partial charge in [-0.1, -0.05) is 72.3 Å². The first-order chi connectivity index (χ1) is 15.4. The van der Waals surface area contributed by atoms with Gasteiger partial charge in [-0.05, 0) is 53.8 Å². The smallest absolute Gasteiger partial charge is 0.242 e. The molecule has 0 aliphatic heterocycles. The van der Waals surface area contributed by atoms with E-state index in [1.807, 2.05) is 80.6 Å². The Balaban J connectivity index is 1.95. The van der Waals surface area contributed by atoms with Gasteiger partial charge in [0.2, 0.25) is 11.8 Å². The number of nitrogens with one attached hydrogen (secondary N) is 1. The molecule has 166 valence electrons. The summed E-state index contributed by atoms with van der Waals surface area (Å²) >= 11 is 6.19. The highest BCUT2D eigenvalue weighted by molar-refractivity contribution is 6.30. The summed E-state index contributed by atoms with van der Waals surface area (Å²) in [4.78, 5) is 28.2. The summed E-state index contributed by atoms with van der Waals surface area (Å²) in [5, 5.41) is 3.34. The van der Waals surface area contributed by atoms with Crippen molar-refractivity contribution in [2.24, 2.45) is 0 Å². The Morgan fingerprint density at radius 1 is 0.875 bits per heavy atom. The van der Waals surface area contributed by atoms with Crippen molar-refractivity contribution in [3.63, 3.8) is 0 Å². The van der Waals surface area contributed by atoms with Crippen molar-refractivity contribution in [2.75, 3.05) is 7.05 Å². The van der Waals surface area contributed by atoms with Crippen LogP contribution in [-0.2, 0) is 29.0 Å². The molecule has 3 aromatic rings. The molecule has 0 bridgehead atoms. The van der Waals surface area contributed by atoms with Crippen LogP contribution in [-0.4, -0.2) is 29.8 Å². The average Bonchev–Trinajstić information content (AvgIpc) is 2.79. The molecular weight excluding hydrogens is 420 g/mol. The number of amides is 2. The standard InChI is InChI=1S/C27H29ClN2O2/c1-19-12-13-22(14-20(19)2)17-26(31)30(18-23-10-7-11-24(28)15-23)25(27(32)29-3)16-21-8-5-4-6-9-21/h4-15,25H,16-18H2,1-3H3,(H,29,32)/t25-/m1/s1. The van der Waals surface area contributed by atoms with E-state index < -0.39 is 6.04 Å². The Bertz CT molecular complexity index is 1080. The van der Waals surface area contributed by atoms with Crippen LogP contribution in [0.4, 0.5) is 0 Å². The molecule has 3 rings (SSSR count). The molecule has 4 nitrogen and oxygen atoms in total. The Hall–Kier alpha value is -3.11. The second-order valence-electron chi connectivity index (χ2n) is 8.07. The first kappa shape index (κ1) is 23.6. The average molecular weight is 449 g/mol. The third-order valence-corrected chi connectivity index (χ3v) is 5.92. The maximum Gasteiger partial charge on any atom is 0.242 e. The van der Waals surface area contributed by atoms with E-state index in [0.717, 1.165) is 22.3 Å². The van der Waals surface area contributed by atoms with Gasteiger partial charge in [0.25, 0.3) is 0 Å². The normalized spacial score (nSPS) is 11.6. The van der Waals surface area contributed by atoms with E-state index in [9.17, 15) is 9.59 Å². The molecule has 0 fully saturated rings. The third-order valence-electron chi connectivity index (χ3n) is 5.69. The molecule has 2 amide bonds. The zero-order valence-electron chi connectivity index (χ0n) is 18.8. The Morgan fingerprint density at radius 2 is 1.59 bits per heavy atom. The monoisotopic (exact) mass is 448 g/mol. The number of rotatable bonds is 8. The summed E-state index contributed by atoms with van der Waals surface area (Å²) in [6, 6.07) is 22.6. The molecule has 0 saturated carbocycles. The lowest BCUT2D eigenvalue weighted by Gasteiger charge is -2.31. The first-order valence-corrected chi connectivity index (χ1v) is 11.1. The van der Waals surface area contributed by atoms with Crippen molar-refractivity contribution in [3.05, 3.63) is 106 Å². The minimum atomic E-state index is -0.638. The van der Waals surface area contributed by atoms with E-state index in [1.54, 1.807) is 18.0 Å². The van der Waals surface area contributed by atoms with Crippen molar-refractivity contribution >= 4 is 23.4 Å². The molecule has 0 unspecified atom stereocenters. The number of carbonyl (C=O) groups excluding carboxylic acids is 2. The molecular formula is C27H29ClN2O2. The third kappa shape index (κ3) is 6.21. The van der Waals surface area contributed by atoms with Gasteiger partial charge in [-0.15, -0.1) is 0 Å². The number of nitrogens with zero attached hydrogens (tertiary/aromatic N) is 1. The van der Waals surface area contributed by atoms with Crippen molar-refractivity contribution in [1.82, 2.24) is 10.2 Å². The summed E-state index contributed by atoms with van der Waals surface area (Å²) in [5.74, 6) is -0.290. The quantitative estimate of drug-likeness (QED) is 0.533. The SMILES string of the molecule is CNC(=O)[C@@H](Cc1ccccc1)N(Cc1cccc(Cl)c1)C(=O)Cc1ccc(C)c(C)c1. The van der Waals surface area contributed by atoms with Crippen molar-refractivity contribution in [3.8, 4) is 0 Å². The van der Waals surface area contributed by atoms with Gasteiger partial charge in [0, 0.05) is 25.0 Å². The highest BCUT2D eigenvalue weighted by Crippen LogP contribution is 2.19. The van der Waals surface area contributed by atoms with Gasteiger partial charge in [0.1, 0.15) is 6.04 Å². The van der Waals surface area contributed by atoms with Crippen LogP contribution in [0, 0.1) is 13.8 Å². The van der Waals surface area contributed by atoms with Crippen LogP contribution in [0.2, 0.25) is 5.02 Å². The van der Waals surface area contributed by atoms with Crippen LogP contribution in [0.1, 0.15) is 27.8 Å². The number of hydrogen-bond acceptors (Lipinski definition) is 2. The minimum Gasteiger partial charge on any atom is -0.357 e. The number of likely N-dealkylation sites (N-methyl/N-ethyl adjacent to an activating group) is 1. The van der Waals surface area contributed by atoms with Crippen LogP contribution in [0.3, 0.4) is 0 Å². The molecule has 0 heterocycles. The Labute approximate surface area is 195 Å². The molecule has 0 saturated heterocycles. The fourth-order valence-corrected chi connectivity index (χ4v) is 3.96. The van der Waals surface area contributed by atoms with Crippen LogP contribution >= 0.6 is 11.6 Å². The second-order valence-corrected chi connectivity index (χ2v) is 8.50. The van der Waals surface area contributed by atoms with Crippen LogP contribution in [0.25, 0.3) is 0 Å². The fourth-order valence-electron chi connectivity index (χ4n) is 3.74. The summed E-state index contributed by atoms with van der Waals surface area (Å²) < 4.78 is 0.